The van der Waals surface area contributed by atoms with Crippen LogP contribution in [0, 0.1) is 13.8 Å². The van der Waals surface area contributed by atoms with E-state index in [0.29, 0.717) is 12.0 Å². The first-order valence-corrected chi connectivity index (χ1v) is 7.40. The van der Waals surface area contributed by atoms with Crippen molar-refractivity contribution in [3.05, 3.63) is 52.4 Å². The van der Waals surface area contributed by atoms with E-state index < -0.39 is 0 Å². The van der Waals surface area contributed by atoms with Crippen molar-refractivity contribution in [1.29, 1.82) is 0 Å². The van der Waals surface area contributed by atoms with Crippen LogP contribution in [0.4, 0.5) is 0 Å². The van der Waals surface area contributed by atoms with E-state index >= 15 is 0 Å². The summed E-state index contributed by atoms with van der Waals surface area (Å²) in [5.41, 5.74) is 5.14. The van der Waals surface area contributed by atoms with Gasteiger partial charge in [-0.2, -0.15) is 0 Å². The highest BCUT2D eigenvalue weighted by Crippen LogP contribution is 2.37. The Morgan fingerprint density at radius 2 is 1.95 bits per heavy atom. The Labute approximate surface area is 120 Å². The van der Waals surface area contributed by atoms with E-state index in [-0.39, 0.29) is 0 Å². The first-order valence-electron chi connectivity index (χ1n) is 7.40. The number of nitrogens with one attached hydrogen (secondary N) is 1. The molecule has 1 aromatic carbocycles. The van der Waals surface area contributed by atoms with Gasteiger partial charge in [-0.25, -0.2) is 0 Å². The van der Waals surface area contributed by atoms with E-state index in [1.54, 1.807) is 0 Å². The third-order valence-electron chi connectivity index (χ3n) is 4.50. The molecule has 0 radical (unpaired) electrons. The van der Waals surface area contributed by atoms with Gasteiger partial charge in [-0.1, -0.05) is 36.3 Å². The molecule has 0 fully saturated rings. The first-order chi connectivity index (χ1) is 9.66. The van der Waals surface area contributed by atoms with E-state index in [2.05, 4.69) is 41.7 Å². The molecular formula is C17H22N2O. The molecule has 106 valence electrons. The maximum atomic E-state index is 5.23. The lowest BCUT2D eigenvalue weighted by Crippen LogP contribution is -2.26. The number of hydrogen-bond donors (Lipinski definition) is 1. The van der Waals surface area contributed by atoms with Crippen LogP contribution in [0.2, 0.25) is 0 Å². The first kappa shape index (κ1) is 13.4. The molecule has 1 aromatic heterocycles. The van der Waals surface area contributed by atoms with Crippen molar-refractivity contribution < 1.29 is 4.52 Å². The minimum atomic E-state index is 0.441. The number of hydrogen-bond acceptors (Lipinski definition) is 3. The predicted octanol–water partition coefficient (Wildman–Crippen LogP) is 4.02. The Morgan fingerprint density at radius 3 is 2.65 bits per heavy atom. The normalized spacial score (nSPS) is 21.8. The second-order valence-corrected chi connectivity index (χ2v) is 5.84. The summed E-state index contributed by atoms with van der Waals surface area (Å²) in [6.45, 7) is 7.14. The minimum Gasteiger partial charge on any atom is -0.361 e. The summed E-state index contributed by atoms with van der Waals surface area (Å²) in [5.74, 6) is 1.59. The van der Waals surface area contributed by atoms with Crippen molar-refractivity contribution in [2.45, 2.75) is 52.1 Å². The average Bonchev–Trinajstić information content (AvgIpc) is 2.78. The number of aromatic nitrogens is 1. The molecule has 0 spiro atoms. The van der Waals surface area contributed by atoms with E-state index in [1.165, 1.54) is 29.5 Å². The van der Waals surface area contributed by atoms with Gasteiger partial charge >= 0.3 is 0 Å². The molecule has 0 bridgehead atoms. The topological polar surface area (TPSA) is 38.1 Å². The molecule has 1 heterocycles. The number of aryl methyl sites for hydroxylation is 2. The number of fused-ring (bicyclic) bond motifs is 1. The van der Waals surface area contributed by atoms with E-state index in [4.69, 9.17) is 4.52 Å². The highest BCUT2D eigenvalue weighted by atomic mass is 16.5. The van der Waals surface area contributed by atoms with E-state index in [0.717, 1.165) is 18.0 Å². The van der Waals surface area contributed by atoms with Crippen LogP contribution < -0.4 is 5.32 Å². The zero-order valence-corrected chi connectivity index (χ0v) is 12.4. The molecule has 0 amide bonds. The second kappa shape index (κ2) is 5.41. The van der Waals surface area contributed by atoms with Crippen molar-refractivity contribution in [3.63, 3.8) is 0 Å². The summed E-state index contributed by atoms with van der Waals surface area (Å²) >= 11 is 0. The largest absolute Gasteiger partial charge is 0.361 e. The Kier molecular flexibility index (Phi) is 3.62. The van der Waals surface area contributed by atoms with Crippen LogP contribution in [0.25, 0.3) is 0 Å². The number of nitrogens with zero attached hydrogens (tertiary/aromatic N) is 1. The zero-order valence-electron chi connectivity index (χ0n) is 12.4. The molecule has 1 aliphatic rings. The quantitative estimate of drug-likeness (QED) is 0.915. The Hall–Kier alpha value is -1.61. The summed E-state index contributed by atoms with van der Waals surface area (Å²) in [6, 6.07) is 9.25. The summed E-state index contributed by atoms with van der Waals surface area (Å²) < 4.78 is 5.23. The number of rotatable bonds is 3. The molecule has 3 nitrogen and oxygen atoms in total. The lowest BCUT2D eigenvalue weighted by molar-refractivity contribution is 0.390. The van der Waals surface area contributed by atoms with Gasteiger partial charge in [0, 0.05) is 18.2 Å². The molecule has 3 heteroatoms. The molecule has 3 rings (SSSR count). The molecule has 0 saturated heterocycles. The van der Waals surface area contributed by atoms with Crippen LogP contribution in [0.1, 0.15) is 59.9 Å². The van der Waals surface area contributed by atoms with Crippen molar-refractivity contribution in [2.75, 3.05) is 0 Å². The molecule has 0 saturated carbocycles. The molecule has 2 aromatic rings. The summed E-state index contributed by atoms with van der Waals surface area (Å²) in [5, 5.41) is 7.70. The molecule has 0 aliphatic heterocycles. The third kappa shape index (κ3) is 2.38. The highest BCUT2D eigenvalue weighted by molar-refractivity contribution is 5.35. The second-order valence-electron chi connectivity index (χ2n) is 5.84. The Morgan fingerprint density at radius 1 is 1.20 bits per heavy atom. The Bertz CT molecular complexity index is 583. The SMILES string of the molecule is Cc1noc(C)c1CNC1CCC(C)c2ccccc21. The van der Waals surface area contributed by atoms with E-state index in [1.807, 2.05) is 13.8 Å². The van der Waals surface area contributed by atoms with Crippen LogP contribution in [0.15, 0.2) is 28.8 Å². The zero-order chi connectivity index (χ0) is 14.1. The number of benzene rings is 1. The van der Waals surface area contributed by atoms with Gasteiger partial charge in [-0.05, 0) is 43.7 Å². The van der Waals surface area contributed by atoms with Crippen molar-refractivity contribution in [1.82, 2.24) is 10.5 Å². The van der Waals surface area contributed by atoms with Crippen molar-refractivity contribution in [2.24, 2.45) is 0 Å². The fourth-order valence-electron chi connectivity index (χ4n) is 3.20. The molecule has 1 N–H and O–H groups in total. The fraction of sp³-hybridized carbons (Fsp3) is 0.471. The fourth-order valence-corrected chi connectivity index (χ4v) is 3.20. The maximum absolute atomic E-state index is 5.23. The summed E-state index contributed by atoms with van der Waals surface area (Å²) in [7, 11) is 0. The van der Waals surface area contributed by atoms with Crippen molar-refractivity contribution >= 4 is 0 Å². The average molecular weight is 270 g/mol. The lowest BCUT2D eigenvalue weighted by atomic mass is 9.81. The third-order valence-corrected chi connectivity index (χ3v) is 4.50. The molecular weight excluding hydrogens is 248 g/mol. The van der Waals surface area contributed by atoms with Crippen LogP contribution in [-0.4, -0.2) is 5.16 Å². The van der Waals surface area contributed by atoms with Gasteiger partial charge in [0.1, 0.15) is 5.76 Å². The van der Waals surface area contributed by atoms with Crippen LogP contribution in [-0.2, 0) is 6.54 Å². The van der Waals surface area contributed by atoms with Crippen LogP contribution in [0.3, 0.4) is 0 Å². The standard InChI is InChI=1S/C17H22N2O/c1-11-8-9-17(15-7-5-4-6-14(11)15)18-10-16-12(2)19-20-13(16)3/h4-7,11,17-18H,8-10H2,1-3H3. The molecule has 2 unspecified atom stereocenters. The van der Waals surface area contributed by atoms with Crippen LogP contribution in [0.5, 0.6) is 0 Å². The van der Waals surface area contributed by atoms with E-state index in [9.17, 15) is 0 Å². The van der Waals surface area contributed by atoms with Gasteiger partial charge in [-0.15, -0.1) is 0 Å². The van der Waals surface area contributed by atoms with Gasteiger partial charge in [-0.3, -0.25) is 0 Å². The monoisotopic (exact) mass is 270 g/mol. The maximum Gasteiger partial charge on any atom is 0.138 e. The minimum absolute atomic E-state index is 0.441. The predicted molar refractivity (Wildman–Crippen MR) is 79.6 cm³/mol. The Balaban J connectivity index is 1.78. The molecule has 1 aliphatic carbocycles. The summed E-state index contributed by atoms with van der Waals surface area (Å²) in [6.07, 6.45) is 2.44. The van der Waals surface area contributed by atoms with Crippen molar-refractivity contribution in [3.8, 4) is 0 Å². The molecule has 20 heavy (non-hydrogen) atoms. The lowest BCUT2D eigenvalue weighted by Gasteiger charge is -2.30. The van der Waals surface area contributed by atoms with Gasteiger partial charge < -0.3 is 9.84 Å². The van der Waals surface area contributed by atoms with Gasteiger partial charge in [0.15, 0.2) is 0 Å². The van der Waals surface area contributed by atoms with Crippen LogP contribution >= 0.6 is 0 Å². The highest BCUT2D eigenvalue weighted by Gasteiger charge is 2.24. The smallest absolute Gasteiger partial charge is 0.138 e. The summed E-state index contributed by atoms with van der Waals surface area (Å²) in [4.78, 5) is 0. The van der Waals surface area contributed by atoms with Gasteiger partial charge in [0.05, 0.1) is 5.69 Å². The molecule has 2 atom stereocenters. The van der Waals surface area contributed by atoms with Gasteiger partial charge in [0.25, 0.3) is 0 Å². The van der Waals surface area contributed by atoms with Gasteiger partial charge in [0.2, 0.25) is 0 Å².